The van der Waals surface area contributed by atoms with Gasteiger partial charge in [0.05, 0.1) is 29.4 Å². The Morgan fingerprint density at radius 1 is 0.811 bits per heavy atom. The Labute approximate surface area is 210 Å². The average molecular weight is 516 g/mol. The molecule has 2 atom stereocenters. The molecule has 0 aromatic heterocycles. The molecule has 37 heavy (non-hydrogen) atoms. The standard InChI is InChI=1S/C28H23F6N3/c29-27(30,31)22-10-6-18(7-11-22)14-21-15-35-16-24-25(21)36-37(17-19-4-2-1-3-5-19)26(24)20-8-12-23(13-9-20)28(32,33)34/h1-14,24,26,35H,15-17H2. The van der Waals surface area contributed by atoms with Crippen molar-refractivity contribution in [3.05, 3.63) is 112 Å². The minimum Gasteiger partial charge on any atom is -0.312 e. The molecule has 1 fully saturated rings. The van der Waals surface area contributed by atoms with Gasteiger partial charge in [0, 0.05) is 19.0 Å². The number of hydrazone groups is 1. The summed E-state index contributed by atoms with van der Waals surface area (Å²) in [6, 6.07) is 19.4. The summed E-state index contributed by atoms with van der Waals surface area (Å²) in [6.07, 6.45) is -7.02. The Bertz CT molecular complexity index is 1290. The summed E-state index contributed by atoms with van der Waals surface area (Å²) in [5.74, 6) is -0.144. The number of rotatable bonds is 4. The Morgan fingerprint density at radius 2 is 1.41 bits per heavy atom. The number of nitrogens with one attached hydrogen (secondary N) is 1. The van der Waals surface area contributed by atoms with Crippen LogP contribution in [0.2, 0.25) is 0 Å². The van der Waals surface area contributed by atoms with Crippen LogP contribution >= 0.6 is 0 Å². The fourth-order valence-corrected chi connectivity index (χ4v) is 4.87. The Kier molecular flexibility index (Phi) is 6.58. The molecule has 3 aromatic rings. The molecule has 0 bridgehead atoms. The van der Waals surface area contributed by atoms with E-state index in [9.17, 15) is 26.3 Å². The van der Waals surface area contributed by atoms with Gasteiger partial charge < -0.3 is 5.32 Å². The van der Waals surface area contributed by atoms with Crippen LogP contribution in [0.15, 0.2) is 89.5 Å². The number of hydrogen-bond acceptors (Lipinski definition) is 3. The maximum atomic E-state index is 13.2. The molecule has 2 unspecified atom stereocenters. The molecule has 0 amide bonds. The lowest BCUT2D eigenvalue weighted by molar-refractivity contribution is -0.138. The molecule has 2 aliphatic heterocycles. The van der Waals surface area contributed by atoms with E-state index in [0.717, 1.165) is 41.1 Å². The van der Waals surface area contributed by atoms with Gasteiger partial charge in [-0.3, -0.25) is 5.01 Å². The van der Waals surface area contributed by atoms with Crippen molar-refractivity contribution in [2.24, 2.45) is 11.0 Å². The number of fused-ring (bicyclic) bond motifs is 1. The molecule has 2 aliphatic rings. The molecule has 0 spiro atoms. The minimum atomic E-state index is -4.43. The zero-order valence-electron chi connectivity index (χ0n) is 19.5. The van der Waals surface area contributed by atoms with E-state index in [4.69, 9.17) is 5.10 Å². The fraction of sp³-hybridized carbons (Fsp3) is 0.250. The van der Waals surface area contributed by atoms with Crippen LogP contribution in [0.4, 0.5) is 26.3 Å². The second-order valence-electron chi connectivity index (χ2n) is 9.16. The maximum Gasteiger partial charge on any atom is 0.416 e. The molecule has 3 aromatic carbocycles. The van der Waals surface area contributed by atoms with Crippen LogP contribution in [0.1, 0.15) is 33.9 Å². The van der Waals surface area contributed by atoms with Crippen molar-refractivity contribution >= 4 is 11.8 Å². The molecule has 192 valence electrons. The first-order valence-corrected chi connectivity index (χ1v) is 11.7. The largest absolute Gasteiger partial charge is 0.416 e. The third-order valence-corrected chi connectivity index (χ3v) is 6.64. The molecule has 0 aliphatic carbocycles. The van der Waals surface area contributed by atoms with Gasteiger partial charge in [0.25, 0.3) is 0 Å². The number of alkyl halides is 6. The van der Waals surface area contributed by atoms with Crippen molar-refractivity contribution in [2.75, 3.05) is 13.1 Å². The third-order valence-electron chi connectivity index (χ3n) is 6.64. The van der Waals surface area contributed by atoms with E-state index in [-0.39, 0.29) is 12.0 Å². The van der Waals surface area contributed by atoms with Gasteiger partial charge in [-0.25, -0.2) is 0 Å². The van der Waals surface area contributed by atoms with Crippen LogP contribution in [0.25, 0.3) is 6.08 Å². The third kappa shape index (κ3) is 5.41. The lowest BCUT2D eigenvalue weighted by Crippen LogP contribution is -2.40. The SMILES string of the molecule is FC(F)(F)c1ccc(C=C2CNCC3C2=NN(Cc2ccccc2)C3c2ccc(C(F)(F)F)cc2)cc1. The van der Waals surface area contributed by atoms with Gasteiger partial charge in [0.15, 0.2) is 0 Å². The molecule has 1 N–H and O–H groups in total. The van der Waals surface area contributed by atoms with Gasteiger partial charge in [0.2, 0.25) is 0 Å². The first-order valence-electron chi connectivity index (χ1n) is 11.7. The molecule has 5 rings (SSSR count). The molecule has 1 saturated heterocycles. The second-order valence-corrected chi connectivity index (χ2v) is 9.16. The molecular formula is C28H23F6N3. The van der Waals surface area contributed by atoms with Crippen molar-refractivity contribution in [3.8, 4) is 0 Å². The predicted molar refractivity (Wildman–Crippen MR) is 129 cm³/mol. The van der Waals surface area contributed by atoms with E-state index in [1.54, 1.807) is 0 Å². The zero-order valence-corrected chi connectivity index (χ0v) is 19.5. The first-order chi connectivity index (χ1) is 17.6. The molecule has 0 saturated carbocycles. The van der Waals surface area contributed by atoms with Crippen LogP contribution in [-0.2, 0) is 18.9 Å². The van der Waals surface area contributed by atoms with Crippen LogP contribution in [0.5, 0.6) is 0 Å². The normalized spacial score (nSPS) is 21.2. The lowest BCUT2D eigenvalue weighted by Gasteiger charge is -2.31. The highest BCUT2D eigenvalue weighted by atomic mass is 19.4. The van der Waals surface area contributed by atoms with Crippen molar-refractivity contribution < 1.29 is 26.3 Å². The number of piperidine rings is 1. The van der Waals surface area contributed by atoms with Crippen LogP contribution < -0.4 is 5.32 Å². The van der Waals surface area contributed by atoms with Gasteiger partial charge in [-0.2, -0.15) is 31.4 Å². The molecule has 2 heterocycles. The zero-order chi connectivity index (χ0) is 26.2. The van der Waals surface area contributed by atoms with Crippen molar-refractivity contribution in [1.29, 1.82) is 0 Å². The Balaban J connectivity index is 1.49. The summed E-state index contributed by atoms with van der Waals surface area (Å²) in [5.41, 5.74) is 2.52. The van der Waals surface area contributed by atoms with E-state index >= 15 is 0 Å². The predicted octanol–water partition coefficient (Wildman–Crippen LogP) is 6.94. The summed E-state index contributed by atoms with van der Waals surface area (Å²) >= 11 is 0. The highest BCUT2D eigenvalue weighted by molar-refractivity contribution is 6.07. The van der Waals surface area contributed by atoms with Gasteiger partial charge >= 0.3 is 12.4 Å². The van der Waals surface area contributed by atoms with Crippen LogP contribution in [-0.4, -0.2) is 23.8 Å². The molecule has 9 heteroatoms. The Morgan fingerprint density at radius 3 is 2.00 bits per heavy atom. The van der Waals surface area contributed by atoms with E-state index in [0.29, 0.717) is 30.8 Å². The van der Waals surface area contributed by atoms with Crippen molar-refractivity contribution in [1.82, 2.24) is 10.3 Å². The smallest absolute Gasteiger partial charge is 0.312 e. The minimum absolute atomic E-state index is 0.144. The summed E-state index contributed by atoms with van der Waals surface area (Å²) in [5, 5.41) is 10.1. The van der Waals surface area contributed by atoms with Crippen molar-refractivity contribution in [3.63, 3.8) is 0 Å². The highest BCUT2D eigenvalue weighted by Gasteiger charge is 2.41. The van der Waals surface area contributed by atoms with E-state index in [1.807, 2.05) is 41.4 Å². The summed E-state index contributed by atoms with van der Waals surface area (Å²) in [6.45, 7) is 1.51. The number of benzene rings is 3. The van der Waals surface area contributed by atoms with Gasteiger partial charge in [0.1, 0.15) is 0 Å². The average Bonchev–Trinajstić information content (AvgIpc) is 3.23. The monoisotopic (exact) mass is 515 g/mol. The maximum absolute atomic E-state index is 13.2. The van der Waals surface area contributed by atoms with E-state index in [1.165, 1.54) is 24.3 Å². The number of hydrogen-bond donors (Lipinski definition) is 1. The highest BCUT2D eigenvalue weighted by Crippen LogP contribution is 2.41. The molecular weight excluding hydrogens is 492 g/mol. The lowest BCUT2D eigenvalue weighted by atomic mass is 9.83. The molecule has 3 nitrogen and oxygen atoms in total. The fourth-order valence-electron chi connectivity index (χ4n) is 4.87. The number of nitrogens with zero attached hydrogens (tertiary/aromatic N) is 2. The summed E-state index contributed by atoms with van der Waals surface area (Å²) in [7, 11) is 0. The van der Waals surface area contributed by atoms with E-state index < -0.39 is 23.5 Å². The van der Waals surface area contributed by atoms with Crippen molar-refractivity contribution in [2.45, 2.75) is 24.9 Å². The van der Waals surface area contributed by atoms with Gasteiger partial charge in [-0.05, 0) is 52.6 Å². The quantitative estimate of drug-likeness (QED) is 0.381. The van der Waals surface area contributed by atoms with Gasteiger partial charge in [-0.1, -0.05) is 54.6 Å². The van der Waals surface area contributed by atoms with Gasteiger partial charge in [-0.15, -0.1) is 0 Å². The topological polar surface area (TPSA) is 27.6 Å². The van der Waals surface area contributed by atoms with Crippen LogP contribution in [0.3, 0.4) is 0 Å². The summed E-state index contributed by atoms with van der Waals surface area (Å²) in [4.78, 5) is 0. The van der Waals surface area contributed by atoms with E-state index in [2.05, 4.69) is 5.32 Å². The second kappa shape index (κ2) is 9.70. The molecule has 0 radical (unpaired) electrons. The van der Waals surface area contributed by atoms with Crippen LogP contribution in [0, 0.1) is 5.92 Å². The number of halogens is 6. The Hall–Kier alpha value is -3.59. The first kappa shape index (κ1) is 25.1. The summed E-state index contributed by atoms with van der Waals surface area (Å²) < 4.78 is 78.4.